The number of para-hydroxylation sites is 1. The van der Waals surface area contributed by atoms with Crippen molar-refractivity contribution in [1.29, 1.82) is 0 Å². The zero-order chi connectivity index (χ0) is 12.3. The molecule has 2 rings (SSSR count). The Bertz CT molecular complexity index is 518. The first-order chi connectivity index (χ1) is 8.26. The van der Waals surface area contributed by atoms with E-state index in [1.165, 1.54) is 27.7 Å². The normalized spacial score (nSPS) is 11.0. The third kappa shape index (κ3) is 2.47. The number of aryl methyl sites for hydroxylation is 3. The monoisotopic (exact) mass is 228 g/mol. The van der Waals surface area contributed by atoms with Gasteiger partial charge in [-0.2, -0.15) is 0 Å². The van der Waals surface area contributed by atoms with Crippen LogP contribution in [0.15, 0.2) is 24.3 Å². The van der Waals surface area contributed by atoms with Gasteiger partial charge < -0.3 is 5.73 Å². The van der Waals surface area contributed by atoms with Gasteiger partial charge in [-0.3, -0.25) is 4.98 Å². The predicted molar refractivity (Wildman–Crippen MR) is 73.2 cm³/mol. The van der Waals surface area contributed by atoms with Gasteiger partial charge in [0.05, 0.1) is 5.52 Å². The Morgan fingerprint density at radius 1 is 1.29 bits per heavy atom. The average Bonchev–Trinajstić information content (AvgIpc) is 2.35. The summed E-state index contributed by atoms with van der Waals surface area (Å²) < 4.78 is 0. The maximum Gasteiger partial charge on any atom is 0.0739 e. The number of hydrogen-bond donors (Lipinski definition) is 1. The van der Waals surface area contributed by atoms with Crippen molar-refractivity contribution in [2.75, 3.05) is 6.54 Å². The Labute approximate surface area is 103 Å². The van der Waals surface area contributed by atoms with E-state index < -0.39 is 0 Å². The van der Waals surface area contributed by atoms with E-state index in [1.807, 2.05) is 0 Å². The molecular weight excluding hydrogens is 208 g/mol. The fourth-order valence-electron chi connectivity index (χ4n) is 2.24. The number of benzene rings is 1. The Hall–Kier alpha value is -1.41. The molecule has 0 aliphatic carbocycles. The topological polar surface area (TPSA) is 38.9 Å². The average molecular weight is 228 g/mol. The molecular formula is C15H20N2. The van der Waals surface area contributed by atoms with Crippen molar-refractivity contribution in [1.82, 2.24) is 4.98 Å². The molecule has 17 heavy (non-hydrogen) atoms. The second-order valence-corrected chi connectivity index (χ2v) is 4.49. The van der Waals surface area contributed by atoms with Gasteiger partial charge in [0.15, 0.2) is 0 Å². The van der Waals surface area contributed by atoms with Crippen LogP contribution < -0.4 is 5.73 Å². The molecule has 90 valence electrons. The standard InChI is InChI=1S/C15H20N2/c1-3-12-6-4-8-14-11(2)10-13(7-5-9-16)17-15(12)14/h4,6,8,10H,3,5,7,9,16H2,1-2H3. The summed E-state index contributed by atoms with van der Waals surface area (Å²) in [5.74, 6) is 0. The van der Waals surface area contributed by atoms with Crippen LogP contribution in [0, 0.1) is 6.92 Å². The number of hydrogen-bond acceptors (Lipinski definition) is 2. The molecule has 1 aromatic carbocycles. The molecule has 0 bridgehead atoms. The molecule has 1 aromatic heterocycles. The fourth-order valence-corrected chi connectivity index (χ4v) is 2.24. The molecule has 2 aromatic rings. The van der Waals surface area contributed by atoms with Crippen LogP contribution in [0.5, 0.6) is 0 Å². The lowest BCUT2D eigenvalue weighted by Crippen LogP contribution is -2.02. The number of rotatable bonds is 4. The smallest absolute Gasteiger partial charge is 0.0739 e. The maximum absolute atomic E-state index is 5.56. The van der Waals surface area contributed by atoms with E-state index in [2.05, 4.69) is 38.1 Å². The van der Waals surface area contributed by atoms with Crippen LogP contribution in [-0.4, -0.2) is 11.5 Å². The predicted octanol–water partition coefficient (Wildman–Crippen LogP) is 3.00. The van der Waals surface area contributed by atoms with Crippen molar-refractivity contribution >= 4 is 10.9 Å². The molecule has 0 saturated carbocycles. The highest BCUT2D eigenvalue weighted by atomic mass is 14.7. The van der Waals surface area contributed by atoms with Gasteiger partial charge in [0, 0.05) is 11.1 Å². The maximum atomic E-state index is 5.56. The van der Waals surface area contributed by atoms with Crippen molar-refractivity contribution in [3.05, 3.63) is 41.1 Å². The molecule has 2 N–H and O–H groups in total. The van der Waals surface area contributed by atoms with Crippen molar-refractivity contribution in [2.45, 2.75) is 33.1 Å². The van der Waals surface area contributed by atoms with Crippen LogP contribution in [0.2, 0.25) is 0 Å². The second-order valence-electron chi connectivity index (χ2n) is 4.49. The molecule has 2 nitrogen and oxygen atoms in total. The Morgan fingerprint density at radius 2 is 2.12 bits per heavy atom. The quantitative estimate of drug-likeness (QED) is 0.873. The SMILES string of the molecule is CCc1cccc2c(C)cc(CCCN)nc12. The van der Waals surface area contributed by atoms with E-state index >= 15 is 0 Å². The van der Waals surface area contributed by atoms with Gasteiger partial charge in [-0.15, -0.1) is 0 Å². The number of nitrogens with zero attached hydrogens (tertiary/aromatic N) is 1. The van der Waals surface area contributed by atoms with Crippen LogP contribution in [0.4, 0.5) is 0 Å². The van der Waals surface area contributed by atoms with Crippen LogP contribution in [0.25, 0.3) is 10.9 Å². The summed E-state index contributed by atoms with van der Waals surface area (Å²) in [5, 5.41) is 1.28. The lowest BCUT2D eigenvalue weighted by Gasteiger charge is -2.09. The molecule has 0 fully saturated rings. The van der Waals surface area contributed by atoms with Gasteiger partial charge in [-0.1, -0.05) is 25.1 Å². The van der Waals surface area contributed by atoms with Crippen molar-refractivity contribution in [3.8, 4) is 0 Å². The zero-order valence-electron chi connectivity index (χ0n) is 10.7. The van der Waals surface area contributed by atoms with E-state index in [4.69, 9.17) is 10.7 Å². The molecule has 1 heterocycles. The van der Waals surface area contributed by atoms with Crippen LogP contribution in [-0.2, 0) is 12.8 Å². The third-order valence-electron chi connectivity index (χ3n) is 3.20. The lowest BCUT2D eigenvalue weighted by molar-refractivity contribution is 0.813. The van der Waals surface area contributed by atoms with Crippen molar-refractivity contribution in [3.63, 3.8) is 0 Å². The number of aromatic nitrogens is 1. The minimum atomic E-state index is 0.730. The number of fused-ring (bicyclic) bond motifs is 1. The summed E-state index contributed by atoms with van der Waals surface area (Å²) in [6.07, 6.45) is 3.02. The van der Waals surface area contributed by atoms with Gasteiger partial charge in [0.25, 0.3) is 0 Å². The van der Waals surface area contributed by atoms with Gasteiger partial charge in [0.1, 0.15) is 0 Å². The first kappa shape index (κ1) is 12.1. The summed E-state index contributed by atoms with van der Waals surface area (Å²) in [6.45, 7) is 5.07. The van der Waals surface area contributed by atoms with Crippen molar-refractivity contribution in [2.24, 2.45) is 5.73 Å². The minimum absolute atomic E-state index is 0.730. The first-order valence-corrected chi connectivity index (χ1v) is 6.34. The number of nitrogens with two attached hydrogens (primary N) is 1. The molecule has 0 unspecified atom stereocenters. The van der Waals surface area contributed by atoms with E-state index in [1.54, 1.807) is 0 Å². The first-order valence-electron chi connectivity index (χ1n) is 6.34. The van der Waals surface area contributed by atoms with Crippen LogP contribution in [0.3, 0.4) is 0 Å². The molecule has 2 heteroatoms. The van der Waals surface area contributed by atoms with E-state index in [0.717, 1.165) is 25.8 Å². The van der Waals surface area contributed by atoms with E-state index in [0.29, 0.717) is 0 Å². The van der Waals surface area contributed by atoms with Gasteiger partial charge in [-0.05, 0) is 49.9 Å². The minimum Gasteiger partial charge on any atom is -0.330 e. The lowest BCUT2D eigenvalue weighted by atomic mass is 10.0. The van der Waals surface area contributed by atoms with Crippen LogP contribution in [0.1, 0.15) is 30.2 Å². The fraction of sp³-hybridized carbons (Fsp3) is 0.400. The highest BCUT2D eigenvalue weighted by Crippen LogP contribution is 2.22. The molecule has 0 amide bonds. The summed E-state index contributed by atoms with van der Waals surface area (Å²) >= 11 is 0. The summed E-state index contributed by atoms with van der Waals surface area (Å²) in [4.78, 5) is 4.79. The molecule has 0 saturated heterocycles. The van der Waals surface area contributed by atoms with Gasteiger partial charge >= 0.3 is 0 Å². The molecule has 0 radical (unpaired) electrons. The third-order valence-corrected chi connectivity index (χ3v) is 3.20. The Balaban J connectivity index is 2.53. The summed E-state index contributed by atoms with van der Waals surface area (Å²) in [6, 6.07) is 8.64. The molecule has 0 spiro atoms. The molecule has 0 atom stereocenters. The van der Waals surface area contributed by atoms with Gasteiger partial charge in [-0.25, -0.2) is 0 Å². The highest BCUT2D eigenvalue weighted by Gasteiger charge is 2.05. The van der Waals surface area contributed by atoms with E-state index in [-0.39, 0.29) is 0 Å². The van der Waals surface area contributed by atoms with Gasteiger partial charge in [0.2, 0.25) is 0 Å². The molecule has 0 aliphatic rings. The zero-order valence-corrected chi connectivity index (χ0v) is 10.7. The molecule has 0 aliphatic heterocycles. The van der Waals surface area contributed by atoms with E-state index in [9.17, 15) is 0 Å². The number of pyridine rings is 1. The second kappa shape index (κ2) is 5.28. The summed E-state index contributed by atoms with van der Waals surface area (Å²) in [7, 11) is 0. The van der Waals surface area contributed by atoms with Crippen LogP contribution >= 0.6 is 0 Å². The van der Waals surface area contributed by atoms with Crippen molar-refractivity contribution < 1.29 is 0 Å². The highest BCUT2D eigenvalue weighted by molar-refractivity contribution is 5.85. The Morgan fingerprint density at radius 3 is 2.82 bits per heavy atom. The summed E-state index contributed by atoms with van der Waals surface area (Å²) in [5.41, 5.74) is 10.5. The Kier molecular flexibility index (Phi) is 3.75. The largest absolute Gasteiger partial charge is 0.330 e.